The summed E-state index contributed by atoms with van der Waals surface area (Å²) in [5.74, 6) is -0.548. The van der Waals surface area contributed by atoms with Gasteiger partial charge in [0.15, 0.2) is 0 Å². The van der Waals surface area contributed by atoms with E-state index in [1.54, 1.807) is 17.0 Å². The Balaban J connectivity index is 1.62. The smallest absolute Gasteiger partial charge is 0.227 e. The van der Waals surface area contributed by atoms with Gasteiger partial charge in [0, 0.05) is 38.9 Å². The summed E-state index contributed by atoms with van der Waals surface area (Å²) < 4.78 is 18.5. The number of nitrogens with zero attached hydrogens (tertiary/aromatic N) is 3. The highest BCUT2D eigenvalue weighted by Gasteiger charge is 2.34. The van der Waals surface area contributed by atoms with Crippen LogP contribution in [0.4, 0.5) is 4.39 Å². The third kappa shape index (κ3) is 5.77. The monoisotopic (exact) mass is 401 g/mol. The van der Waals surface area contributed by atoms with Crippen LogP contribution in [-0.2, 0) is 20.7 Å². The molecule has 0 aliphatic carbocycles. The van der Waals surface area contributed by atoms with E-state index in [-0.39, 0.29) is 36.0 Å². The Morgan fingerprint density at radius 1 is 1.21 bits per heavy atom. The maximum absolute atomic E-state index is 13.3. The van der Waals surface area contributed by atoms with Gasteiger partial charge in [0.2, 0.25) is 11.8 Å². The first-order valence-corrected chi connectivity index (χ1v) is 10.4. The van der Waals surface area contributed by atoms with Gasteiger partial charge in [-0.2, -0.15) is 5.26 Å². The Labute approximate surface area is 171 Å². The van der Waals surface area contributed by atoms with Crippen LogP contribution in [0.1, 0.15) is 37.7 Å². The molecule has 2 amide bonds. The van der Waals surface area contributed by atoms with Gasteiger partial charge in [0.1, 0.15) is 5.82 Å². The second kappa shape index (κ2) is 10.4. The number of rotatable bonds is 6. The minimum absolute atomic E-state index is 0.0382. The molecule has 0 saturated carbocycles. The number of halogens is 1. The summed E-state index contributed by atoms with van der Waals surface area (Å²) in [4.78, 5) is 29.6. The van der Waals surface area contributed by atoms with Gasteiger partial charge in [-0.1, -0.05) is 12.1 Å². The van der Waals surface area contributed by atoms with Crippen LogP contribution in [0.15, 0.2) is 24.3 Å². The maximum Gasteiger partial charge on any atom is 0.227 e. The van der Waals surface area contributed by atoms with Crippen molar-refractivity contribution in [1.29, 1.82) is 5.26 Å². The van der Waals surface area contributed by atoms with E-state index in [9.17, 15) is 14.0 Å². The summed E-state index contributed by atoms with van der Waals surface area (Å²) in [6.07, 6.45) is 3.63. The molecule has 1 aromatic rings. The van der Waals surface area contributed by atoms with Crippen molar-refractivity contribution in [3.8, 4) is 6.07 Å². The Morgan fingerprint density at radius 2 is 1.93 bits per heavy atom. The number of hydrogen-bond donors (Lipinski definition) is 0. The van der Waals surface area contributed by atoms with Crippen molar-refractivity contribution in [2.75, 3.05) is 32.8 Å². The predicted molar refractivity (Wildman–Crippen MR) is 105 cm³/mol. The molecule has 0 spiro atoms. The summed E-state index contributed by atoms with van der Waals surface area (Å²) in [7, 11) is 0. The SMILES string of the molecule is N#CCCN(C(=O)C1CCCN(C(=O)Cc2ccc(F)cc2)C1)C1CCOCC1. The average Bonchev–Trinajstić information content (AvgIpc) is 2.76. The molecule has 2 aliphatic rings. The minimum atomic E-state index is -0.324. The molecule has 2 fully saturated rings. The first kappa shape index (κ1) is 21.3. The topological polar surface area (TPSA) is 73.6 Å². The fourth-order valence-corrected chi connectivity index (χ4v) is 4.17. The first-order valence-electron chi connectivity index (χ1n) is 10.4. The van der Waals surface area contributed by atoms with Gasteiger partial charge in [-0.25, -0.2) is 4.39 Å². The van der Waals surface area contributed by atoms with Crippen molar-refractivity contribution in [2.45, 2.75) is 44.6 Å². The molecule has 7 heteroatoms. The summed E-state index contributed by atoms with van der Waals surface area (Å²) in [6.45, 7) is 2.74. The summed E-state index contributed by atoms with van der Waals surface area (Å²) in [5.41, 5.74) is 0.766. The quantitative estimate of drug-likeness (QED) is 0.734. The number of carbonyl (C=O) groups is 2. The molecule has 6 nitrogen and oxygen atoms in total. The van der Waals surface area contributed by atoms with Gasteiger partial charge in [-0.3, -0.25) is 9.59 Å². The van der Waals surface area contributed by atoms with Crippen LogP contribution in [0.5, 0.6) is 0 Å². The average molecular weight is 401 g/mol. The van der Waals surface area contributed by atoms with Crippen molar-refractivity contribution < 1.29 is 18.7 Å². The Morgan fingerprint density at radius 3 is 2.62 bits per heavy atom. The van der Waals surface area contributed by atoms with E-state index in [0.29, 0.717) is 39.3 Å². The molecule has 0 radical (unpaired) electrons. The third-order valence-electron chi connectivity index (χ3n) is 5.77. The minimum Gasteiger partial charge on any atom is -0.381 e. The van der Waals surface area contributed by atoms with Crippen molar-refractivity contribution in [2.24, 2.45) is 5.92 Å². The molecule has 1 aromatic carbocycles. The van der Waals surface area contributed by atoms with Crippen molar-refractivity contribution >= 4 is 11.8 Å². The zero-order valence-electron chi connectivity index (χ0n) is 16.7. The van der Waals surface area contributed by atoms with Gasteiger partial charge < -0.3 is 14.5 Å². The predicted octanol–water partition coefficient (Wildman–Crippen LogP) is 2.53. The lowest BCUT2D eigenvalue weighted by Gasteiger charge is -2.39. The summed E-state index contributed by atoms with van der Waals surface area (Å²) in [6, 6.07) is 8.19. The number of carbonyl (C=O) groups excluding carboxylic acids is 2. The molecule has 0 bridgehead atoms. The number of benzene rings is 1. The molecule has 0 N–H and O–H groups in total. The Hall–Kier alpha value is -2.46. The number of ether oxygens (including phenoxy) is 1. The fraction of sp³-hybridized carbons (Fsp3) is 0.591. The van der Waals surface area contributed by atoms with Crippen LogP contribution in [0.3, 0.4) is 0 Å². The van der Waals surface area contributed by atoms with Crippen LogP contribution in [-0.4, -0.2) is 60.5 Å². The normalized spacial score (nSPS) is 20.1. The van der Waals surface area contributed by atoms with E-state index in [2.05, 4.69) is 6.07 Å². The largest absolute Gasteiger partial charge is 0.381 e. The van der Waals surface area contributed by atoms with E-state index in [1.165, 1.54) is 12.1 Å². The fourth-order valence-electron chi connectivity index (χ4n) is 4.17. The van der Waals surface area contributed by atoms with Crippen molar-refractivity contribution in [1.82, 2.24) is 9.80 Å². The summed E-state index contributed by atoms with van der Waals surface area (Å²) >= 11 is 0. The highest BCUT2D eigenvalue weighted by Crippen LogP contribution is 2.24. The summed E-state index contributed by atoms with van der Waals surface area (Å²) in [5, 5.41) is 8.99. The van der Waals surface area contributed by atoms with E-state index in [0.717, 1.165) is 31.2 Å². The lowest BCUT2D eigenvalue weighted by Crippen LogP contribution is -2.51. The van der Waals surface area contributed by atoms with Crippen molar-refractivity contribution in [3.05, 3.63) is 35.6 Å². The van der Waals surface area contributed by atoms with Gasteiger partial charge in [0.25, 0.3) is 0 Å². The van der Waals surface area contributed by atoms with Crippen LogP contribution in [0, 0.1) is 23.1 Å². The van der Waals surface area contributed by atoms with E-state index >= 15 is 0 Å². The van der Waals surface area contributed by atoms with Crippen LogP contribution >= 0.6 is 0 Å². The van der Waals surface area contributed by atoms with Crippen LogP contribution < -0.4 is 0 Å². The number of nitriles is 1. The molecule has 3 rings (SSSR count). The van der Waals surface area contributed by atoms with E-state index in [4.69, 9.17) is 10.00 Å². The zero-order valence-corrected chi connectivity index (χ0v) is 16.7. The number of piperidine rings is 1. The third-order valence-corrected chi connectivity index (χ3v) is 5.77. The first-order chi connectivity index (χ1) is 14.1. The molecule has 1 atom stereocenters. The Bertz CT molecular complexity index is 741. The van der Waals surface area contributed by atoms with E-state index in [1.807, 2.05) is 4.90 Å². The maximum atomic E-state index is 13.3. The standard InChI is InChI=1S/C22H28FN3O3/c23-19-6-4-17(5-7-19)15-21(27)25-11-1-3-18(16-25)22(28)26(12-2-10-24)20-8-13-29-14-9-20/h4-7,18,20H,1-3,8-9,11-16H2. The second-order valence-electron chi connectivity index (χ2n) is 7.77. The van der Waals surface area contributed by atoms with Crippen molar-refractivity contribution in [3.63, 3.8) is 0 Å². The highest BCUT2D eigenvalue weighted by atomic mass is 19.1. The molecule has 2 aliphatic heterocycles. The lowest BCUT2D eigenvalue weighted by molar-refractivity contribution is -0.143. The van der Waals surface area contributed by atoms with Gasteiger partial charge in [0.05, 0.1) is 24.8 Å². The lowest BCUT2D eigenvalue weighted by atomic mass is 9.94. The molecular formula is C22H28FN3O3. The molecular weight excluding hydrogens is 373 g/mol. The molecule has 1 unspecified atom stereocenters. The van der Waals surface area contributed by atoms with Crippen LogP contribution in [0.2, 0.25) is 0 Å². The molecule has 2 heterocycles. The molecule has 29 heavy (non-hydrogen) atoms. The highest BCUT2D eigenvalue weighted by molar-refractivity contribution is 5.82. The van der Waals surface area contributed by atoms with Gasteiger partial charge >= 0.3 is 0 Å². The molecule has 0 aromatic heterocycles. The Kier molecular flexibility index (Phi) is 7.59. The number of amides is 2. The number of likely N-dealkylation sites (tertiary alicyclic amines) is 1. The zero-order chi connectivity index (χ0) is 20.6. The molecule has 2 saturated heterocycles. The van der Waals surface area contributed by atoms with E-state index < -0.39 is 0 Å². The van der Waals surface area contributed by atoms with Crippen LogP contribution in [0.25, 0.3) is 0 Å². The molecule has 156 valence electrons. The second-order valence-corrected chi connectivity index (χ2v) is 7.77. The number of hydrogen-bond acceptors (Lipinski definition) is 4. The van der Waals surface area contributed by atoms with Gasteiger partial charge in [-0.05, 0) is 43.4 Å². The van der Waals surface area contributed by atoms with Gasteiger partial charge in [-0.15, -0.1) is 0 Å².